The van der Waals surface area contributed by atoms with Crippen molar-refractivity contribution < 1.29 is 52.0 Å². The van der Waals surface area contributed by atoms with Gasteiger partial charge in [-0.25, -0.2) is 17.8 Å². The Morgan fingerprint density at radius 2 is 1.72 bits per heavy atom. The predicted octanol–water partition coefficient (Wildman–Crippen LogP) is -2.56. The van der Waals surface area contributed by atoms with Crippen molar-refractivity contribution >= 4 is 21.5 Å². The van der Waals surface area contributed by atoms with Crippen LogP contribution >= 0.6 is 0 Å². The summed E-state index contributed by atoms with van der Waals surface area (Å²) in [6.07, 6.45) is 1.68. The zero-order valence-electron chi connectivity index (χ0n) is 23.2. The molecule has 0 aliphatic carbocycles. The summed E-state index contributed by atoms with van der Waals surface area (Å²) in [6, 6.07) is 8.98. The van der Waals surface area contributed by atoms with Crippen LogP contribution in [-0.4, -0.2) is 77.9 Å². The number of rotatable bonds is 7. The molecular weight excluding hydrogens is 539 g/mol. The first-order valence-electron chi connectivity index (χ1n) is 12.0. The number of para-hydroxylation sites is 1. The number of aryl methyl sites for hydroxylation is 1. The maximum absolute atomic E-state index is 12.5. The molecule has 2 aromatic heterocycles. The molecule has 0 saturated carbocycles. The SMILES string of the molecule is CCOc1c(N2CCOCC2)cnn(C)c1=O.Cc1c(N(C)CS(=O)(=O)[O-])c(=O)n(-c2ccccc2)n1C.[Na+]. The largest absolute Gasteiger partial charge is 1.00 e. The summed E-state index contributed by atoms with van der Waals surface area (Å²) in [7, 11) is 0.277. The molecule has 0 spiro atoms. The van der Waals surface area contributed by atoms with Gasteiger partial charge in [0.2, 0.25) is 5.75 Å². The molecule has 0 unspecified atom stereocenters. The molecule has 1 aliphatic rings. The van der Waals surface area contributed by atoms with Crippen LogP contribution < -0.4 is 55.2 Å². The van der Waals surface area contributed by atoms with Gasteiger partial charge in [-0.15, -0.1) is 0 Å². The van der Waals surface area contributed by atoms with E-state index < -0.39 is 16.0 Å². The van der Waals surface area contributed by atoms with Gasteiger partial charge in [-0.2, -0.15) is 5.10 Å². The van der Waals surface area contributed by atoms with Crippen molar-refractivity contribution in [2.75, 3.05) is 55.6 Å². The van der Waals surface area contributed by atoms with E-state index in [1.54, 1.807) is 56.2 Å². The van der Waals surface area contributed by atoms with Gasteiger partial charge < -0.3 is 23.8 Å². The Morgan fingerprint density at radius 1 is 1.10 bits per heavy atom. The Kier molecular flexibility index (Phi) is 11.8. The van der Waals surface area contributed by atoms with E-state index in [2.05, 4.69) is 10.00 Å². The molecule has 1 aromatic carbocycles. The molecule has 3 heterocycles. The molecule has 0 atom stereocenters. The van der Waals surface area contributed by atoms with Crippen LogP contribution in [0.4, 0.5) is 11.4 Å². The van der Waals surface area contributed by atoms with E-state index >= 15 is 0 Å². The minimum absolute atomic E-state index is 0. The number of aromatic nitrogens is 4. The minimum atomic E-state index is -4.45. The summed E-state index contributed by atoms with van der Waals surface area (Å²) in [5.41, 5.74) is 1.63. The van der Waals surface area contributed by atoms with Gasteiger partial charge in [0.1, 0.15) is 27.4 Å². The van der Waals surface area contributed by atoms with Crippen molar-refractivity contribution in [3.05, 3.63) is 62.9 Å². The third-order valence-corrected chi connectivity index (χ3v) is 6.68. The van der Waals surface area contributed by atoms with Gasteiger partial charge in [0, 0.05) is 34.2 Å². The second-order valence-electron chi connectivity index (χ2n) is 8.61. The molecule has 1 aliphatic heterocycles. The zero-order chi connectivity index (χ0) is 28.0. The van der Waals surface area contributed by atoms with E-state index in [0.29, 0.717) is 37.0 Å². The molecule has 208 valence electrons. The minimum Gasteiger partial charge on any atom is -0.747 e. The standard InChI is InChI=1S/C13H17N3O4S.C11H17N3O3.Na/c1-10-12(14(2)9-21(18,19)20)13(17)16(15(10)3)11-7-5-4-6-8-11;1-3-17-10-9(8-12-13(2)11(10)15)14-4-6-16-7-5-14;/h4-8H,9H2,1-3H3,(H,18,19,20);8H,3-7H2,1-2H3;/q;;+1/p-1. The van der Waals surface area contributed by atoms with E-state index in [4.69, 9.17) is 9.47 Å². The van der Waals surface area contributed by atoms with Crippen LogP contribution in [0.3, 0.4) is 0 Å². The van der Waals surface area contributed by atoms with Crippen LogP contribution in [0.25, 0.3) is 5.69 Å². The second-order valence-corrected chi connectivity index (χ2v) is 9.99. The van der Waals surface area contributed by atoms with Gasteiger partial charge in [-0.05, 0) is 26.0 Å². The molecule has 0 N–H and O–H groups in total. The Morgan fingerprint density at radius 3 is 2.28 bits per heavy atom. The maximum Gasteiger partial charge on any atom is 1.00 e. The maximum atomic E-state index is 12.5. The summed E-state index contributed by atoms with van der Waals surface area (Å²) in [4.78, 5) is 27.7. The van der Waals surface area contributed by atoms with Crippen LogP contribution in [0.1, 0.15) is 12.6 Å². The summed E-state index contributed by atoms with van der Waals surface area (Å²) >= 11 is 0. The number of ether oxygens (including phenoxy) is 2. The fourth-order valence-electron chi connectivity index (χ4n) is 4.11. The van der Waals surface area contributed by atoms with E-state index in [1.807, 2.05) is 13.0 Å². The summed E-state index contributed by atoms with van der Waals surface area (Å²) in [5.74, 6) is -0.367. The Balaban J connectivity index is 0.000000272. The third kappa shape index (κ3) is 7.96. The normalized spacial score (nSPS) is 13.2. The van der Waals surface area contributed by atoms with Crippen LogP contribution in [0.15, 0.2) is 46.1 Å². The molecule has 0 amide bonds. The van der Waals surface area contributed by atoms with Gasteiger partial charge in [0.25, 0.3) is 5.56 Å². The Hall–Kier alpha value is -2.62. The number of morpholine rings is 1. The molecule has 3 aromatic rings. The molecule has 0 radical (unpaired) electrons. The summed E-state index contributed by atoms with van der Waals surface area (Å²) in [6.45, 7) is 6.88. The van der Waals surface area contributed by atoms with Crippen molar-refractivity contribution in [1.29, 1.82) is 0 Å². The van der Waals surface area contributed by atoms with Crippen molar-refractivity contribution in [3.8, 4) is 11.4 Å². The van der Waals surface area contributed by atoms with Gasteiger partial charge in [-0.1, -0.05) is 18.2 Å². The number of benzene rings is 1. The van der Waals surface area contributed by atoms with Crippen molar-refractivity contribution in [3.63, 3.8) is 0 Å². The molecule has 4 rings (SSSR count). The number of anilines is 2. The van der Waals surface area contributed by atoms with Crippen LogP contribution in [0, 0.1) is 6.92 Å². The molecule has 13 nitrogen and oxygen atoms in total. The van der Waals surface area contributed by atoms with E-state index in [9.17, 15) is 22.6 Å². The fourth-order valence-corrected chi connectivity index (χ4v) is 4.72. The Bertz CT molecular complexity index is 1460. The van der Waals surface area contributed by atoms with Crippen LogP contribution in [0.5, 0.6) is 5.75 Å². The van der Waals surface area contributed by atoms with Crippen molar-refractivity contribution in [2.45, 2.75) is 13.8 Å². The smallest absolute Gasteiger partial charge is 0.747 e. The van der Waals surface area contributed by atoms with Gasteiger partial charge >= 0.3 is 35.1 Å². The molecule has 39 heavy (non-hydrogen) atoms. The number of hydrogen-bond donors (Lipinski definition) is 0. The zero-order valence-corrected chi connectivity index (χ0v) is 26.0. The van der Waals surface area contributed by atoms with Gasteiger partial charge in [0.05, 0.1) is 37.4 Å². The fraction of sp³-hybridized carbons (Fsp3) is 0.458. The Labute approximate surface area is 249 Å². The topological polar surface area (TPSA) is 144 Å². The van der Waals surface area contributed by atoms with Gasteiger partial charge in [0.15, 0.2) is 0 Å². The molecular formula is C24H33N6NaO7S. The average molecular weight is 573 g/mol. The first-order chi connectivity index (χ1) is 18.0. The monoisotopic (exact) mass is 572 g/mol. The van der Waals surface area contributed by atoms with E-state index in [1.165, 1.54) is 21.3 Å². The van der Waals surface area contributed by atoms with Crippen LogP contribution in [-0.2, 0) is 29.0 Å². The van der Waals surface area contributed by atoms with Crippen molar-refractivity contribution in [1.82, 2.24) is 19.1 Å². The van der Waals surface area contributed by atoms with Crippen molar-refractivity contribution in [2.24, 2.45) is 14.1 Å². The van der Waals surface area contributed by atoms with E-state index in [-0.39, 0.29) is 46.4 Å². The van der Waals surface area contributed by atoms with E-state index in [0.717, 1.165) is 18.8 Å². The summed E-state index contributed by atoms with van der Waals surface area (Å²) in [5, 5.41) is 4.04. The summed E-state index contributed by atoms with van der Waals surface area (Å²) < 4.78 is 47.7. The third-order valence-electron chi connectivity index (χ3n) is 5.97. The predicted molar refractivity (Wildman–Crippen MR) is 142 cm³/mol. The first-order valence-corrected chi connectivity index (χ1v) is 13.5. The second kappa shape index (κ2) is 14.1. The van der Waals surface area contributed by atoms with Crippen LogP contribution in [0.2, 0.25) is 0 Å². The molecule has 0 bridgehead atoms. The number of hydrogen-bond acceptors (Lipinski definition) is 10. The molecule has 1 saturated heterocycles. The first kappa shape index (κ1) is 32.6. The molecule has 1 fully saturated rings. The quantitative estimate of drug-likeness (QED) is 0.219. The van der Waals surface area contributed by atoms with Gasteiger partial charge in [-0.3, -0.25) is 14.3 Å². The molecule has 15 heteroatoms. The number of nitrogens with zero attached hydrogens (tertiary/aromatic N) is 6. The average Bonchev–Trinajstić information content (AvgIpc) is 3.10.